The van der Waals surface area contributed by atoms with Gasteiger partial charge < -0.3 is 44.1 Å². The molecule has 0 amide bonds. The number of rotatable bonds is 11. The lowest BCUT2D eigenvalue weighted by molar-refractivity contribution is -0.291. The van der Waals surface area contributed by atoms with Crippen LogP contribution in [0.1, 0.15) is 26.3 Å². The maximum atomic E-state index is 12.8. The summed E-state index contributed by atoms with van der Waals surface area (Å²) < 4.78 is 27.5. The van der Waals surface area contributed by atoms with Crippen LogP contribution in [0.15, 0.2) is 30.0 Å². The van der Waals surface area contributed by atoms with Crippen molar-refractivity contribution in [2.45, 2.75) is 82.8 Å². The standard InChI is InChI=1S/C25H40O10Si/c1-25(2,3)35-23(30)18(33-24-22(29)21(28)20(27)19(14-26)34-24)13-16-7-9-17(10-8-16)32-15-31-11-12-36(4,5)6/h7-10,13,19-22,24,26-29H,11-12,14-15H2,1-6H3/b18-13-/t19-,20-,21+,22-,24-/m1/s1. The molecule has 0 bridgehead atoms. The third-order valence-corrected chi connectivity index (χ3v) is 6.88. The molecule has 1 saturated heterocycles. The predicted molar refractivity (Wildman–Crippen MR) is 135 cm³/mol. The summed E-state index contributed by atoms with van der Waals surface area (Å²) in [7, 11) is -1.17. The maximum Gasteiger partial charge on any atom is 0.374 e. The van der Waals surface area contributed by atoms with Crippen molar-refractivity contribution in [3.8, 4) is 5.75 Å². The van der Waals surface area contributed by atoms with Crippen LogP contribution in [0.5, 0.6) is 5.75 Å². The monoisotopic (exact) mass is 528 g/mol. The minimum absolute atomic E-state index is 0.128. The number of carbonyl (C=O) groups is 1. The summed E-state index contributed by atoms with van der Waals surface area (Å²) in [6, 6.07) is 7.83. The fraction of sp³-hybridized carbons (Fsp3) is 0.640. The van der Waals surface area contributed by atoms with Crippen LogP contribution in [0, 0.1) is 0 Å². The molecule has 1 aliphatic heterocycles. The fourth-order valence-corrected chi connectivity index (χ4v) is 3.87. The Bertz CT molecular complexity index is 857. The van der Waals surface area contributed by atoms with Crippen LogP contribution in [0.4, 0.5) is 0 Å². The Morgan fingerprint density at radius 1 is 1.06 bits per heavy atom. The highest BCUT2D eigenvalue weighted by molar-refractivity contribution is 6.76. The third-order valence-electron chi connectivity index (χ3n) is 5.17. The van der Waals surface area contributed by atoms with Gasteiger partial charge in [0.2, 0.25) is 12.0 Å². The van der Waals surface area contributed by atoms with Crippen molar-refractivity contribution in [1.82, 2.24) is 0 Å². The zero-order valence-corrected chi connectivity index (χ0v) is 22.8. The summed E-state index contributed by atoms with van der Waals surface area (Å²) in [5, 5.41) is 39.7. The minimum Gasteiger partial charge on any atom is -0.468 e. The molecule has 11 heteroatoms. The van der Waals surface area contributed by atoms with Gasteiger partial charge in [-0.3, -0.25) is 0 Å². The van der Waals surface area contributed by atoms with Crippen LogP contribution in [0.3, 0.4) is 0 Å². The molecule has 0 aromatic heterocycles. The van der Waals surface area contributed by atoms with Crippen LogP contribution in [-0.2, 0) is 23.7 Å². The van der Waals surface area contributed by atoms with E-state index in [0.717, 1.165) is 6.04 Å². The molecule has 2 rings (SSSR count). The molecule has 36 heavy (non-hydrogen) atoms. The van der Waals surface area contributed by atoms with Crippen molar-refractivity contribution in [2.24, 2.45) is 0 Å². The lowest BCUT2D eigenvalue weighted by Gasteiger charge is -2.39. The first-order valence-corrected chi connectivity index (χ1v) is 15.6. The van der Waals surface area contributed by atoms with Gasteiger partial charge in [0.05, 0.1) is 6.61 Å². The van der Waals surface area contributed by atoms with Crippen LogP contribution in [-0.4, -0.2) is 90.8 Å². The van der Waals surface area contributed by atoms with Gasteiger partial charge in [0.1, 0.15) is 35.8 Å². The van der Waals surface area contributed by atoms with Gasteiger partial charge in [-0.15, -0.1) is 0 Å². The number of esters is 1. The summed E-state index contributed by atoms with van der Waals surface area (Å²) in [6.45, 7) is 12.0. The van der Waals surface area contributed by atoms with E-state index in [2.05, 4.69) is 19.6 Å². The summed E-state index contributed by atoms with van der Waals surface area (Å²) >= 11 is 0. The highest BCUT2D eigenvalue weighted by Gasteiger charge is 2.45. The molecule has 1 fully saturated rings. The Hall–Kier alpha value is -1.99. The second-order valence-corrected chi connectivity index (χ2v) is 16.5. The summed E-state index contributed by atoms with van der Waals surface area (Å²) in [4.78, 5) is 12.8. The minimum atomic E-state index is -1.68. The van der Waals surface area contributed by atoms with E-state index in [1.165, 1.54) is 6.08 Å². The summed E-state index contributed by atoms with van der Waals surface area (Å²) in [5.74, 6) is -0.540. The highest BCUT2D eigenvalue weighted by Crippen LogP contribution is 2.26. The quantitative estimate of drug-likeness (QED) is 0.0839. The first-order chi connectivity index (χ1) is 16.7. The number of carbonyl (C=O) groups excluding carboxylic acids is 1. The van der Waals surface area contributed by atoms with E-state index in [4.69, 9.17) is 23.7 Å². The molecule has 204 valence electrons. The van der Waals surface area contributed by atoms with E-state index in [-0.39, 0.29) is 12.6 Å². The zero-order valence-electron chi connectivity index (χ0n) is 21.8. The van der Waals surface area contributed by atoms with Crippen molar-refractivity contribution >= 4 is 20.1 Å². The Morgan fingerprint density at radius 3 is 2.25 bits per heavy atom. The molecule has 1 heterocycles. The molecule has 1 aromatic carbocycles. The van der Waals surface area contributed by atoms with Gasteiger partial charge in [-0.05, 0) is 50.6 Å². The van der Waals surface area contributed by atoms with Gasteiger partial charge in [-0.1, -0.05) is 31.8 Å². The Labute approximate surface area is 213 Å². The molecule has 0 aliphatic carbocycles. The van der Waals surface area contributed by atoms with Crippen molar-refractivity contribution in [1.29, 1.82) is 0 Å². The lowest BCUT2D eigenvalue weighted by Crippen LogP contribution is -2.59. The van der Waals surface area contributed by atoms with Crippen LogP contribution < -0.4 is 4.74 Å². The van der Waals surface area contributed by atoms with Gasteiger partial charge in [0.15, 0.2) is 6.79 Å². The first-order valence-electron chi connectivity index (χ1n) is 11.9. The Balaban J connectivity index is 2.13. The van der Waals surface area contributed by atoms with Gasteiger partial charge in [0, 0.05) is 14.7 Å². The number of aliphatic hydroxyl groups is 4. The third kappa shape index (κ3) is 9.81. The second-order valence-electron chi connectivity index (χ2n) is 10.9. The maximum absolute atomic E-state index is 12.8. The van der Waals surface area contributed by atoms with Gasteiger partial charge in [0.25, 0.3) is 0 Å². The molecule has 0 radical (unpaired) electrons. The smallest absolute Gasteiger partial charge is 0.374 e. The Morgan fingerprint density at radius 2 is 1.69 bits per heavy atom. The average Bonchev–Trinajstić information content (AvgIpc) is 2.77. The van der Waals surface area contributed by atoms with Gasteiger partial charge >= 0.3 is 5.97 Å². The number of hydrogen-bond donors (Lipinski definition) is 4. The lowest BCUT2D eigenvalue weighted by atomic mass is 9.99. The van der Waals surface area contributed by atoms with Gasteiger partial charge in [-0.2, -0.15) is 0 Å². The average molecular weight is 529 g/mol. The normalized spacial score (nSPS) is 25.4. The van der Waals surface area contributed by atoms with Crippen molar-refractivity contribution < 1.29 is 48.9 Å². The van der Waals surface area contributed by atoms with Crippen molar-refractivity contribution in [3.05, 3.63) is 35.6 Å². The number of ether oxygens (including phenoxy) is 5. The predicted octanol–water partition coefficient (Wildman–Crippen LogP) is 1.88. The SMILES string of the molecule is CC(C)(C)OC(=O)/C(=C/c1ccc(OCOCC[Si](C)(C)C)cc1)O[C@@H]1O[C@H](CO)[C@@H](O)[C@H](O)[C@H]1O. The summed E-state index contributed by atoms with van der Waals surface area (Å²) in [5.41, 5.74) is -0.269. The van der Waals surface area contributed by atoms with Crippen molar-refractivity contribution in [3.63, 3.8) is 0 Å². The molecule has 4 N–H and O–H groups in total. The van der Waals surface area contributed by atoms with Crippen LogP contribution in [0.2, 0.25) is 25.7 Å². The van der Waals surface area contributed by atoms with Crippen molar-refractivity contribution in [2.75, 3.05) is 20.0 Å². The second kappa shape index (κ2) is 13.0. The van der Waals surface area contributed by atoms with Gasteiger partial charge in [-0.25, -0.2) is 4.79 Å². The molecule has 0 spiro atoms. The zero-order chi connectivity index (χ0) is 27.1. The fourth-order valence-electron chi connectivity index (χ4n) is 3.12. The largest absolute Gasteiger partial charge is 0.468 e. The number of aliphatic hydroxyl groups excluding tert-OH is 4. The first kappa shape index (κ1) is 30.2. The van der Waals surface area contributed by atoms with E-state index in [1.54, 1.807) is 45.0 Å². The van der Waals surface area contributed by atoms with E-state index in [9.17, 15) is 25.2 Å². The molecule has 1 aliphatic rings. The van der Waals surface area contributed by atoms with E-state index < -0.39 is 57.0 Å². The molecule has 0 saturated carbocycles. The molecule has 5 atom stereocenters. The number of benzene rings is 1. The van der Waals surface area contributed by atoms with E-state index in [0.29, 0.717) is 17.9 Å². The van der Waals surface area contributed by atoms with E-state index in [1.807, 2.05) is 0 Å². The van der Waals surface area contributed by atoms with E-state index >= 15 is 0 Å². The van der Waals surface area contributed by atoms with Crippen LogP contribution >= 0.6 is 0 Å². The topological polar surface area (TPSA) is 144 Å². The summed E-state index contributed by atoms with van der Waals surface area (Å²) in [6.07, 6.45) is -6.20. The molecular formula is C25H40O10Si. The molecule has 1 aromatic rings. The van der Waals surface area contributed by atoms with Crippen LogP contribution in [0.25, 0.3) is 6.08 Å². The number of hydrogen-bond acceptors (Lipinski definition) is 10. The highest BCUT2D eigenvalue weighted by atomic mass is 28.3. The molecule has 10 nitrogen and oxygen atoms in total. The molecule has 0 unspecified atom stereocenters. The molecular weight excluding hydrogens is 488 g/mol. The Kier molecular flexibility index (Phi) is 10.9.